The number of nitrogens with zero attached hydrogens (tertiary/aromatic N) is 1. The summed E-state index contributed by atoms with van der Waals surface area (Å²) in [6, 6.07) is 3.32. The molecule has 2 aromatic rings. The van der Waals surface area contributed by atoms with Crippen LogP contribution >= 0.6 is 31.9 Å². The fourth-order valence-electron chi connectivity index (χ4n) is 1.85. The molecule has 0 bridgehead atoms. The van der Waals surface area contributed by atoms with Gasteiger partial charge in [0.25, 0.3) is 0 Å². The number of halogens is 2. The van der Waals surface area contributed by atoms with Crippen molar-refractivity contribution < 1.29 is 19.0 Å². The van der Waals surface area contributed by atoms with Crippen molar-refractivity contribution in [3.63, 3.8) is 0 Å². The van der Waals surface area contributed by atoms with Crippen molar-refractivity contribution in [2.75, 3.05) is 21.3 Å². The molecular weight excluding hydrogens is 394 g/mol. The maximum absolute atomic E-state index is 11.7. The van der Waals surface area contributed by atoms with E-state index >= 15 is 0 Å². The van der Waals surface area contributed by atoms with E-state index in [1.165, 1.54) is 20.3 Å². The Morgan fingerprint density at radius 1 is 1.10 bits per heavy atom. The summed E-state index contributed by atoms with van der Waals surface area (Å²) in [4.78, 5) is 16.0. The SMILES string of the molecule is COC(=O)c1cc(OC)c2c(OC)c(Br)cc(Br)c2n1. The molecular formula is C13H11Br2NO4. The van der Waals surface area contributed by atoms with Gasteiger partial charge in [-0.15, -0.1) is 0 Å². The molecule has 0 saturated carbocycles. The highest BCUT2D eigenvalue weighted by molar-refractivity contribution is 9.11. The first-order valence-electron chi connectivity index (χ1n) is 5.52. The molecule has 5 nitrogen and oxygen atoms in total. The molecule has 7 heteroatoms. The number of fused-ring (bicyclic) bond motifs is 1. The van der Waals surface area contributed by atoms with Gasteiger partial charge in [-0.1, -0.05) is 0 Å². The van der Waals surface area contributed by atoms with Gasteiger partial charge in [0.2, 0.25) is 0 Å². The number of aromatic nitrogens is 1. The Labute approximate surface area is 132 Å². The van der Waals surface area contributed by atoms with Gasteiger partial charge >= 0.3 is 5.97 Å². The lowest BCUT2D eigenvalue weighted by molar-refractivity contribution is 0.0594. The van der Waals surface area contributed by atoms with Crippen LogP contribution in [0.15, 0.2) is 21.1 Å². The first kappa shape index (κ1) is 15.1. The molecule has 0 N–H and O–H groups in total. The number of pyridine rings is 1. The molecule has 1 aromatic heterocycles. The van der Waals surface area contributed by atoms with E-state index < -0.39 is 5.97 Å². The van der Waals surface area contributed by atoms with E-state index in [-0.39, 0.29) is 5.69 Å². The number of methoxy groups -OCH3 is 3. The van der Waals surface area contributed by atoms with Crippen LogP contribution in [0.1, 0.15) is 10.5 Å². The second-order valence-corrected chi connectivity index (χ2v) is 5.51. The molecule has 0 unspecified atom stereocenters. The maximum Gasteiger partial charge on any atom is 0.356 e. The van der Waals surface area contributed by atoms with Gasteiger partial charge in [0.15, 0.2) is 5.69 Å². The number of carbonyl (C=O) groups is 1. The first-order chi connectivity index (χ1) is 9.53. The van der Waals surface area contributed by atoms with Crippen molar-refractivity contribution in [3.8, 4) is 11.5 Å². The summed E-state index contributed by atoms with van der Waals surface area (Å²) in [5.74, 6) is 0.539. The van der Waals surface area contributed by atoms with Crippen molar-refractivity contribution >= 4 is 48.7 Å². The molecule has 1 aromatic carbocycles. The molecule has 0 atom stereocenters. The molecule has 0 radical (unpaired) electrons. The standard InChI is InChI=1S/C13H11Br2NO4/c1-18-9-5-8(13(17)20-3)16-11-6(14)4-7(15)12(19-2)10(9)11/h4-5H,1-3H3. The van der Waals surface area contributed by atoms with Crippen LogP contribution in [0.3, 0.4) is 0 Å². The Morgan fingerprint density at radius 2 is 1.80 bits per heavy atom. The van der Waals surface area contributed by atoms with Gasteiger partial charge in [0.1, 0.15) is 11.5 Å². The summed E-state index contributed by atoms with van der Waals surface area (Å²) < 4.78 is 16.9. The zero-order valence-corrected chi connectivity index (χ0v) is 14.2. The average molecular weight is 405 g/mol. The van der Waals surface area contributed by atoms with E-state index in [0.29, 0.717) is 26.9 Å². The molecule has 0 spiro atoms. The number of esters is 1. The lowest BCUT2D eigenvalue weighted by Crippen LogP contribution is -2.06. The van der Waals surface area contributed by atoms with Crippen molar-refractivity contribution in [3.05, 3.63) is 26.8 Å². The minimum atomic E-state index is -0.529. The Kier molecular flexibility index (Phi) is 4.49. The van der Waals surface area contributed by atoms with Crippen molar-refractivity contribution in [1.82, 2.24) is 4.98 Å². The molecule has 0 amide bonds. The summed E-state index contributed by atoms with van der Waals surface area (Å²) in [6.45, 7) is 0. The van der Waals surface area contributed by atoms with Crippen LogP contribution in [-0.2, 0) is 4.74 Å². The van der Waals surface area contributed by atoms with Gasteiger partial charge in [-0.3, -0.25) is 0 Å². The predicted octanol–water partition coefficient (Wildman–Crippen LogP) is 3.56. The van der Waals surface area contributed by atoms with Gasteiger partial charge in [-0.2, -0.15) is 0 Å². The highest BCUT2D eigenvalue weighted by Gasteiger charge is 2.19. The van der Waals surface area contributed by atoms with Gasteiger partial charge in [-0.25, -0.2) is 9.78 Å². The zero-order valence-electron chi connectivity index (χ0n) is 11.0. The molecule has 2 rings (SSSR count). The quantitative estimate of drug-likeness (QED) is 0.732. The Morgan fingerprint density at radius 3 is 2.35 bits per heavy atom. The zero-order chi connectivity index (χ0) is 14.9. The average Bonchev–Trinajstić information content (AvgIpc) is 2.46. The third-order valence-corrected chi connectivity index (χ3v) is 3.92. The van der Waals surface area contributed by atoms with Crippen molar-refractivity contribution in [2.45, 2.75) is 0 Å². The summed E-state index contributed by atoms with van der Waals surface area (Å²) in [7, 11) is 4.38. The first-order valence-corrected chi connectivity index (χ1v) is 7.11. The lowest BCUT2D eigenvalue weighted by Gasteiger charge is -2.13. The van der Waals surface area contributed by atoms with Crippen LogP contribution in [0, 0.1) is 0 Å². The number of carbonyl (C=O) groups excluding carboxylic acids is 1. The lowest BCUT2D eigenvalue weighted by atomic mass is 10.1. The van der Waals surface area contributed by atoms with Crippen LogP contribution in [0.4, 0.5) is 0 Å². The summed E-state index contributed by atoms with van der Waals surface area (Å²) >= 11 is 6.85. The van der Waals surface area contributed by atoms with E-state index in [9.17, 15) is 4.79 Å². The van der Waals surface area contributed by atoms with E-state index in [4.69, 9.17) is 14.2 Å². The van der Waals surface area contributed by atoms with E-state index in [1.807, 2.05) is 0 Å². The Balaban J connectivity index is 2.90. The topological polar surface area (TPSA) is 57.7 Å². The normalized spacial score (nSPS) is 10.4. The summed E-state index contributed by atoms with van der Waals surface area (Å²) in [5.41, 5.74) is 0.728. The minimum absolute atomic E-state index is 0.168. The maximum atomic E-state index is 11.7. The van der Waals surface area contributed by atoms with Gasteiger partial charge in [0.05, 0.1) is 36.7 Å². The molecule has 1 heterocycles. The Bertz CT molecular complexity index is 688. The van der Waals surface area contributed by atoms with E-state index in [2.05, 4.69) is 36.8 Å². The minimum Gasteiger partial charge on any atom is -0.496 e. The predicted molar refractivity (Wildman–Crippen MR) is 81.6 cm³/mol. The second kappa shape index (κ2) is 5.97. The number of hydrogen-bond donors (Lipinski definition) is 0. The number of hydrogen-bond acceptors (Lipinski definition) is 5. The fourth-order valence-corrected chi connectivity index (χ4v) is 3.26. The van der Waals surface area contributed by atoms with Crippen LogP contribution in [0.2, 0.25) is 0 Å². The fraction of sp³-hybridized carbons (Fsp3) is 0.231. The van der Waals surface area contributed by atoms with Gasteiger partial charge < -0.3 is 14.2 Å². The largest absolute Gasteiger partial charge is 0.496 e. The monoisotopic (exact) mass is 403 g/mol. The van der Waals surface area contributed by atoms with Crippen LogP contribution in [0.25, 0.3) is 10.9 Å². The summed E-state index contributed by atoms with van der Waals surface area (Å²) in [5, 5.41) is 0.670. The molecule has 0 fully saturated rings. The molecule has 20 heavy (non-hydrogen) atoms. The van der Waals surface area contributed by atoms with Crippen molar-refractivity contribution in [2.24, 2.45) is 0 Å². The second-order valence-electron chi connectivity index (χ2n) is 3.80. The molecule has 106 valence electrons. The number of rotatable bonds is 3. The molecule has 0 aliphatic rings. The van der Waals surface area contributed by atoms with Gasteiger partial charge in [-0.05, 0) is 37.9 Å². The molecule has 0 aliphatic carbocycles. The number of benzene rings is 1. The van der Waals surface area contributed by atoms with Crippen LogP contribution in [-0.4, -0.2) is 32.3 Å². The van der Waals surface area contributed by atoms with E-state index in [0.717, 1.165) is 4.47 Å². The third-order valence-electron chi connectivity index (χ3n) is 2.73. The van der Waals surface area contributed by atoms with Gasteiger partial charge in [0, 0.05) is 10.5 Å². The summed E-state index contributed by atoms with van der Waals surface area (Å²) in [6.07, 6.45) is 0. The van der Waals surface area contributed by atoms with Crippen LogP contribution in [0.5, 0.6) is 11.5 Å². The van der Waals surface area contributed by atoms with Crippen LogP contribution < -0.4 is 9.47 Å². The molecule has 0 saturated heterocycles. The van der Waals surface area contributed by atoms with Crippen molar-refractivity contribution in [1.29, 1.82) is 0 Å². The van der Waals surface area contributed by atoms with E-state index in [1.54, 1.807) is 13.2 Å². The smallest absolute Gasteiger partial charge is 0.356 e. The molecule has 0 aliphatic heterocycles. The number of ether oxygens (including phenoxy) is 3. The third kappa shape index (κ3) is 2.47. The highest BCUT2D eigenvalue weighted by Crippen LogP contribution is 2.42. The highest BCUT2D eigenvalue weighted by atomic mass is 79.9. The Hall–Kier alpha value is -1.34.